The Morgan fingerprint density at radius 3 is 2.60 bits per heavy atom. The maximum absolute atomic E-state index is 11.4. The molecular formula is C12H22ClNO. The Morgan fingerprint density at radius 1 is 1.33 bits per heavy atom. The van der Waals surface area contributed by atoms with E-state index in [1.165, 1.54) is 32.1 Å². The zero-order valence-electron chi connectivity index (χ0n) is 9.65. The van der Waals surface area contributed by atoms with Gasteiger partial charge in [0.15, 0.2) is 0 Å². The molecule has 0 heterocycles. The molecular weight excluding hydrogens is 210 g/mol. The second-order valence-corrected chi connectivity index (χ2v) is 5.32. The highest BCUT2D eigenvalue weighted by Gasteiger charge is 2.26. The second kappa shape index (κ2) is 6.37. The third-order valence-electron chi connectivity index (χ3n) is 3.31. The van der Waals surface area contributed by atoms with Gasteiger partial charge < -0.3 is 5.32 Å². The Morgan fingerprint density at radius 2 is 2.00 bits per heavy atom. The van der Waals surface area contributed by atoms with Crippen LogP contribution in [0.15, 0.2) is 0 Å². The molecule has 1 aliphatic rings. The summed E-state index contributed by atoms with van der Waals surface area (Å²) in [5.74, 6) is 0.729. The topological polar surface area (TPSA) is 29.1 Å². The van der Waals surface area contributed by atoms with E-state index < -0.39 is 0 Å². The largest absolute Gasteiger partial charge is 0.356 e. The summed E-state index contributed by atoms with van der Waals surface area (Å²) in [5.41, 5.74) is 0.342. The van der Waals surface area contributed by atoms with E-state index >= 15 is 0 Å². The number of amides is 1. The molecule has 0 aromatic rings. The lowest BCUT2D eigenvalue weighted by molar-refractivity contribution is -0.121. The van der Waals surface area contributed by atoms with Gasteiger partial charge in [0.1, 0.15) is 0 Å². The Kier molecular flexibility index (Phi) is 5.44. The summed E-state index contributed by atoms with van der Waals surface area (Å²) in [6.45, 7) is 3.13. The van der Waals surface area contributed by atoms with Gasteiger partial charge in [-0.25, -0.2) is 0 Å². The molecule has 0 radical (unpaired) electrons. The van der Waals surface area contributed by atoms with Crippen molar-refractivity contribution in [1.82, 2.24) is 5.32 Å². The molecule has 0 saturated heterocycles. The van der Waals surface area contributed by atoms with Gasteiger partial charge in [0.25, 0.3) is 0 Å². The molecule has 88 valence electrons. The molecule has 0 spiro atoms. The van der Waals surface area contributed by atoms with Crippen molar-refractivity contribution in [3.8, 4) is 0 Å². The van der Waals surface area contributed by atoms with Gasteiger partial charge in [-0.1, -0.05) is 26.2 Å². The normalized spacial score (nSPS) is 19.9. The number of halogens is 1. The van der Waals surface area contributed by atoms with E-state index in [4.69, 9.17) is 11.6 Å². The molecule has 1 aliphatic carbocycles. The summed E-state index contributed by atoms with van der Waals surface area (Å²) in [6, 6.07) is 0. The number of hydrogen-bond donors (Lipinski definition) is 1. The van der Waals surface area contributed by atoms with Crippen LogP contribution >= 0.6 is 11.6 Å². The number of hydrogen-bond acceptors (Lipinski definition) is 1. The van der Waals surface area contributed by atoms with Crippen LogP contribution in [0.4, 0.5) is 0 Å². The van der Waals surface area contributed by atoms with Gasteiger partial charge in [-0.2, -0.15) is 0 Å². The highest BCUT2D eigenvalue weighted by Crippen LogP contribution is 2.34. The summed E-state index contributed by atoms with van der Waals surface area (Å²) >= 11 is 5.54. The second-order valence-electron chi connectivity index (χ2n) is 4.94. The Bertz CT molecular complexity index is 200. The van der Waals surface area contributed by atoms with E-state index in [2.05, 4.69) is 12.2 Å². The van der Waals surface area contributed by atoms with Crippen LogP contribution < -0.4 is 5.32 Å². The third kappa shape index (κ3) is 4.87. The van der Waals surface area contributed by atoms with Crippen LogP contribution in [0.2, 0.25) is 0 Å². The van der Waals surface area contributed by atoms with Crippen LogP contribution in [0.1, 0.15) is 51.9 Å². The Hall–Kier alpha value is -0.240. The molecule has 0 unspecified atom stereocenters. The zero-order chi connectivity index (χ0) is 11.1. The maximum atomic E-state index is 11.4. The molecule has 1 rings (SSSR count). The lowest BCUT2D eigenvalue weighted by atomic mass is 9.76. The Balaban J connectivity index is 2.19. The molecule has 1 amide bonds. The first-order valence-electron chi connectivity index (χ1n) is 5.99. The summed E-state index contributed by atoms with van der Waals surface area (Å²) < 4.78 is 0. The van der Waals surface area contributed by atoms with Gasteiger partial charge in [-0.3, -0.25) is 4.79 Å². The first-order chi connectivity index (χ1) is 7.16. The maximum Gasteiger partial charge on any atom is 0.220 e. The first-order valence-corrected chi connectivity index (χ1v) is 6.52. The summed E-state index contributed by atoms with van der Waals surface area (Å²) in [7, 11) is 0. The SMILES string of the molecule is CC1(CNC(=O)CCCCl)CCCCC1. The number of carbonyl (C=O) groups is 1. The lowest BCUT2D eigenvalue weighted by Crippen LogP contribution is -2.36. The van der Waals surface area contributed by atoms with Crippen molar-refractivity contribution in [3.63, 3.8) is 0 Å². The van der Waals surface area contributed by atoms with Gasteiger partial charge in [0.05, 0.1) is 0 Å². The molecule has 1 saturated carbocycles. The van der Waals surface area contributed by atoms with Crippen LogP contribution in [-0.2, 0) is 4.79 Å². The van der Waals surface area contributed by atoms with E-state index in [0.29, 0.717) is 17.7 Å². The number of alkyl halides is 1. The quantitative estimate of drug-likeness (QED) is 0.724. The number of nitrogens with one attached hydrogen (secondary N) is 1. The van der Waals surface area contributed by atoms with Gasteiger partial charge in [-0.05, 0) is 24.7 Å². The molecule has 0 atom stereocenters. The van der Waals surface area contributed by atoms with Crippen molar-refractivity contribution in [2.24, 2.45) is 5.41 Å². The standard InChI is InChI=1S/C12H22ClNO/c1-12(7-3-2-4-8-12)10-14-11(15)6-5-9-13/h2-10H2,1H3,(H,14,15). The van der Waals surface area contributed by atoms with Gasteiger partial charge in [0, 0.05) is 18.8 Å². The molecule has 1 fully saturated rings. The van der Waals surface area contributed by atoms with Crippen molar-refractivity contribution in [2.75, 3.05) is 12.4 Å². The molecule has 0 aliphatic heterocycles. The van der Waals surface area contributed by atoms with Crippen LogP contribution in [0.5, 0.6) is 0 Å². The Labute approximate surface area is 97.8 Å². The molecule has 2 nitrogen and oxygen atoms in total. The van der Waals surface area contributed by atoms with E-state index in [1.807, 2.05) is 0 Å². The fourth-order valence-corrected chi connectivity index (χ4v) is 2.34. The van der Waals surface area contributed by atoms with Crippen LogP contribution in [0, 0.1) is 5.41 Å². The van der Waals surface area contributed by atoms with Crippen molar-refractivity contribution in [1.29, 1.82) is 0 Å². The average molecular weight is 232 g/mol. The smallest absolute Gasteiger partial charge is 0.220 e. The summed E-state index contributed by atoms with van der Waals surface area (Å²) in [5, 5.41) is 3.03. The highest BCUT2D eigenvalue weighted by atomic mass is 35.5. The fraction of sp³-hybridized carbons (Fsp3) is 0.917. The zero-order valence-corrected chi connectivity index (χ0v) is 10.4. The van der Waals surface area contributed by atoms with Gasteiger partial charge in [0.2, 0.25) is 5.91 Å². The highest BCUT2D eigenvalue weighted by molar-refractivity contribution is 6.17. The molecule has 15 heavy (non-hydrogen) atoms. The van der Waals surface area contributed by atoms with Crippen LogP contribution in [0.3, 0.4) is 0 Å². The number of rotatable bonds is 5. The molecule has 0 bridgehead atoms. The lowest BCUT2D eigenvalue weighted by Gasteiger charge is -2.33. The minimum Gasteiger partial charge on any atom is -0.356 e. The molecule has 0 aromatic heterocycles. The third-order valence-corrected chi connectivity index (χ3v) is 3.58. The molecule has 3 heteroatoms. The van der Waals surface area contributed by atoms with Gasteiger partial charge >= 0.3 is 0 Å². The predicted octanol–water partition coefficient (Wildman–Crippen LogP) is 3.09. The van der Waals surface area contributed by atoms with Crippen molar-refractivity contribution in [2.45, 2.75) is 51.9 Å². The van der Waals surface area contributed by atoms with Crippen molar-refractivity contribution < 1.29 is 4.79 Å². The minimum atomic E-state index is 0.155. The van der Waals surface area contributed by atoms with E-state index in [-0.39, 0.29) is 5.91 Å². The van der Waals surface area contributed by atoms with Crippen molar-refractivity contribution >= 4 is 17.5 Å². The molecule has 0 aromatic carbocycles. The molecule has 1 N–H and O–H groups in total. The van der Waals surface area contributed by atoms with Gasteiger partial charge in [-0.15, -0.1) is 11.6 Å². The fourth-order valence-electron chi connectivity index (χ4n) is 2.21. The van der Waals surface area contributed by atoms with Crippen molar-refractivity contribution in [3.05, 3.63) is 0 Å². The van der Waals surface area contributed by atoms with E-state index in [0.717, 1.165) is 13.0 Å². The van der Waals surface area contributed by atoms with E-state index in [9.17, 15) is 4.79 Å². The minimum absolute atomic E-state index is 0.155. The first kappa shape index (κ1) is 12.8. The van der Waals surface area contributed by atoms with Crippen LogP contribution in [-0.4, -0.2) is 18.3 Å². The van der Waals surface area contributed by atoms with E-state index in [1.54, 1.807) is 0 Å². The van der Waals surface area contributed by atoms with Crippen LogP contribution in [0.25, 0.3) is 0 Å². The number of carbonyl (C=O) groups excluding carboxylic acids is 1. The average Bonchev–Trinajstić information content (AvgIpc) is 2.25. The summed E-state index contributed by atoms with van der Waals surface area (Å²) in [4.78, 5) is 11.4. The summed E-state index contributed by atoms with van der Waals surface area (Å²) in [6.07, 6.45) is 7.84. The predicted molar refractivity (Wildman–Crippen MR) is 64.2 cm³/mol. The monoisotopic (exact) mass is 231 g/mol.